The quantitative estimate of drug-likeness (QED) is 0.0842. The van der Waals surface area contributed by atoms with Crippen LogP contribution in [0.5, 0.6) is 5.75 Å². The topological polar surface area (TPSA) is 193 Å². The number of hydrogen-bond donors (Lipinski definition) is 4. The molecule has 5 atom stereocenters. The molecule has 2 aliphatic rings. The second-order valence-corrected chi connectivity index (χ2v) is 17.5. The Kier molecular flexibility index (Phi) is 13.6. The van der Waals surface area contributed by atoms with Crippen LogP contribution < -0.4 is 15.4 Å². The predicted octanol–water partition coefficient (Wildman–Crippen LogP) is 7.13. The van der Waals surface area contributed by atoms with Crippen molar-refractivity contribution in [3.05, 3.63) is 65.9 Å². The van der Waals surface area contributed by atoms with Crippen LogP contribution in [0.4, 0.5) is 9.59 Å². The summed E-state index contributed by atoms with van der Waals surface area (Å²) in [5, 5.41) is 7.73. The van der Waals surface area contributed by atoms with Gasteiger partial charge in [0.2, 0.25) is 11.8 Å². The molecule has 3 aromatic carbocycles. The zero-order chi connectivity index (χ0) is 45.1. The van der Waals surface area contributed by atoms with Crippen molar-refractivity contribution in [3.8, 4) is 28.1 Å². The van der Waals surface area contributed by atoms with E-state index in [1.165, 1.54) is 19.1 Å². The van der Waals surface area contributed by atoms with Crippen molar-refractivity contribution < 1.29 is 38.1 Å². The number of methoxy groups -OCH3 is 3. The molecule has 0 aliphatic carbocycles. The Morgan fingerprint density at radius 1 is 0.968 bits per heavy atom. The van der Waals surface area contributed by atoms with Gasteiger partial charge in [-0.3, -0.25) is 14.5 Å². The molecule has 0 bridgehead atoms. The number of carbonyl (C=O) groups is 4. The highest BCUT2D eigenvalue weighted by atomic mass is 16.5. The van der Waals surface area contributed by atoms with E-state index in [4.69, 9.17) is 23.9 Å². The number of aromatic nitrogens is 4. The first-order valence-corrected chi connectivity index (χ1v) is 21.7. The van der Waals surface area contributed by atoms with Crippen LogP contribution in [0.25, 0.3) is 44.2 Å². The van der Waals surface area contributed by atoms with E-state index in [9.17, 15) is 19.2 Å². The summed E-state index contributed by atoms with van der Waals surface area (Å²) in [5.74, 6) is 1.74. The van der Waals surface area contributed by atoms with Gasteiger partial charge in [-0.25, -0.2) is 19.6 Å². The lowest BCUT2D eigenvalue weighted by Crippen LogP contribution is -2.52. The monoisotopic (exact) mass is 864 g/mol. The fraction of sp³-hybridized carbons (Fsp3) is 0.489. The van der Waals surface area contributed by atoms with Crippen molar-refractivity contribution >= 4 is 45.8 Å². The first kappa shape index (κ1) is 44.9. The van der Waals surface area contributed by atoms with E-state index in [0.29, 0.717) is 26.2 Å². The summed E-state index contributed by atoms with van der Waals surface area (Å²) in [4.78, 5) is 71.4. The van der Waals surface area contributed by atoms with Gasteiger partial charge in [0.1, 0.15) is 36.1 Å². The third kappa shape index (κ3) is 9.31. The smallest absolute Gasteiger partial charge is 0.409 e. The van der Waals surface area contributed by atoms with Crippen molar-refractivity contribution in [2.75, 3.05) is 41.5 Å². The zero-order valence-corrected chi connectivity index (χ0v) is 37.7. The molecule has 0 radical (unpaired) electrons. The Balaban J connectivity index is 1.05. The number of hydrogen-bond acceptors (Lipinski definition) is 10. The van der Waals surface area contributed by atoms with Crippen LogP contribution >= 0.6 is 0 Å². The maximum atomic E-state index is 14.0. The number of likely N-dealkylation sites (N-methyl/N-ethyl adjacent to an activating group) is 1. The predicted molar refractivity (Wildman–Crippen MR) is 239 cm³/mol. The number of H-pyrrole nitrogens is 2. The molecule has 16 nitrogen and oxygen atoms in total. The number of ether oxygens (including phenoxy) is 4. The van der Waals surface area contributed by atoms with Crippen LogP contribution in [-0.4, -0.2) is 113 Å². The highest BCUT2D eigenvalue weighted by Crippen LogP contribution is 2.43. The van der Waals surface area contributed by atoms with Crippen molar-refractivity contribution in [1.82, 2.24) is 40.4 Å². The fourth-order valence-electron chi connectivity index (χ4n) is 9.10. The number of aromatic amines is 2. The molecule has 5 unspecified atom stereocenters. The Labute approximate surface area is 367 Å². The molecular weight excluding hydrogens is 805 g/mol. The molecule has 1 saturated heterocycles. The largest absolute Gasteiger partial charge is 0.488 e. The van der Waals surface area contributed by atoms with Crippen LogP contribution in [0.15, 0.2) is 48.7 Å². The lowest BCUT2D eigenvalue weighted by molar-refractivity contribution is -0.137. The van der Waals surface area contributed by atoms with Crippen LogP contribution in [-0.2, 0) is 36.8 Å². The number of rotatable bonds is 15. The summed E-state index contributed by atoms with van der Waals surface area (Å²) >= 11 is 0. The Morgan fingerprint density at radius 3 is 2.48 bits per heavy atom. The molecule has 4 amide bonds. The van der Waals surface area contributed by atoms with Gasteiger partial charge in [-0.15, -0.1) is 0 Å². The third-order valence-electron chi connectivity index (χ3n) is 12.5. The maximum Gasteiger partial charge on any atom is 0.409 e. The molecule has 2 aliphatic heterocycles. The number of likely N-dealkylation sites (tertiary alicyclic amines) is 1. The second-order valence-electron chi connectivity index (χ2n) is 17.5. The molecule has 7 rings (SSSR count). The average Bonchev–Trinajstić information content (AvgIpc) is 4.03. The number of alkyl carbamates (subject to hydrolysis) is 1. The summed E-state index contributed by atoms with van der Waals surface area (Å²) in [6.45, 7) is 10.9. The molecule has 5 aromatic rings. The summed E-state index contributed by atoms with van der Waals surface area (Å²) in [7, 11) is 5.81. The lowest BCUT2D eigenvalue weighted by atomic mass is 9.92. The minimum absolute atomic E-state index is 0.0238. The molecule has 63 heavy (non-hydrogen) atoms. The van der Waals surface area contributed by atoms with Crippen molar-refractivity contribution in [3.63, 3.8) is 0 Å². The van der Waals surface area contributed by atoms with Crippen molar-refractivity contribution in [2.45, 2.75) is 91.1 Å². The van der Waals surface area contributed by atoms with Gasteiger partial charge in [0, 0.05) is 50.0 Å². The number of fused-ring (bicyclic) bond motifs is 6. The zero-order valence-electron chi connectivity index (χ0n) is 37.7. The normalized spacial score (nSPS) is 17.2. The first-order chi connectivity index (χ1) is 30.2. The summed E-state index contributed by atoms with van der Waals surface area (Å²) in [6, 6.07) is 13.0. The van der Waals surface area contributed by atoms with E-state index in [1.54, 1.807) is 14.2 Å². The van der Waals surface area contributed by atoms with Crippen molar-refractivity contribution in [1.29, 1.82) is 0 Å². The molecule has 2 aromatic heterocycles. The van der Waals surface area contributed by atoms with E-state index in [-0.39, 0.29) is 41.7 Å². The standard InChI is InChI=1S/C47H60N8O8/c1-25(2)40(53-46(58)61-8)45(57)55-27(5)10-16-37(55)43-51-35-15-13-29-19-34-32-14-12-30(18-31(32)24-63-38(34)20-33(29)41(35)52-43)36-22-48-39(50-36)17-11-28(23-60-7)21-49-44(56)42(26(3)4)54(6)47(59)62-9/h12-15,18-20,22,25-28,37,40,42H,10-11,16-17,21,23-24H2,1-9H3,(H,48,50)(H,49,56)(H,51,52)(H,53,58). The molecule has 1 fully saturated rings. The van der Waals surface area contributed by atoms with Crippen LogP contribution in [0.3, 0.4) is 0 Å². The van der Waals surface area contributed by atoms with Gasteiger partial charge in [-0.1, -0.05) is 45.9 Å². The minimum atomic E-state index is -0.724. The van der Waals surface area contributed by atoms with Gasteiger partial charge in [0.05, 0.1) is 49.8 Å². The Bertz CT molecular complexity index is 2480. The van der Waals surface area contributed by atoms with E-state index >= 15 is 0 Å². The lowest BCUT2D eigenvalue weighted by Gasteiger charge is -2.32. The van der Waals surface area contributed by atoms with Crippen molar-refractivity contribution in [2.24, 2.45) is 17.8 Å². The Hall–Kier alpha value is -6.16. The summed E-state index contributed by atoms with van der Waals surface area (Å²) < 4.78 is 21.6. The van der Waals surface area contributed by atoms with Gasteiger partial charge < -0.3 is 44.4 Å². The third-order valence-corrected chi connectivity index (χ3v) is 12.5. The van der Waals surface area contributed by atoms with E-state index in [2.05, 4.69) is 62.0 Å². The molecule has 336 valence electrons. The molecule has 0 spiro atoms. The van der Waals surface area contributed by atoms with Gasteiger partial charge in [-0.05, 0) is 84.4 Å². The fourth-order valence-corrected chi connectivity index (χ4v) is 9.10. The number of nitrogens with one attached hydrogen (secondary N) is 4. The number of carbonyl (C=O) groups excluding carboxylic acids is 4. The molecule has 4 N–H and O–H groups in total. The molecular formula is C47H60N8O8. The Morgan fingerprint density at radius 2 is 1.76 bits per heavy atom. The summed E-state index contributed by atoms with van der Waals surface area (Å²) in [5.41, 5.74) is 6.74. The van der Waals surface area contributed by atoms with Crippen LogP contribution in [0.2, 0.25) is 0 Å². The molecule has 0 saturated carbocycles. The molecule has 16 heteroatoms. The SMILES string of the molecule is COCC(CCc1ncc(-c2ccc3c(c2)COc2cc4c(ccc5[nH]c(C6CCC(C)N6C(=O)C(NC(=O)OC)C(C)C)nc54)cc2-3)[nH]1)CNC(=O)C(C(C)C)N(C)C(=O)OC. The van der Waals surface area contributed by atoms with E-state index in [1.807, 2.05) is 51.8 Å². The number of aryl methyl sites for hydroxylation is 1. The number of amides is 4. The number of nitrogens with zero attached hydrogens (tertiary/aromatic N) is 4. The van der Waals surface area contributed by atoms with E-state index < -0.39 is 24.3 Å². The van der Waals surface area contributed by atoms with E-state index in [0.717, 1.165) is 86.4 Å². The maximum absolute atomic E-state index is 14.0. The second kappa shape index (κ2) is 19.1. The van der Waals surface area contributed by atoms with Gasteiger partial charge in [0.15, 0.2) is 0 Å². The van der Waals surface area contributed by atoms with Crippen LogP contribution in [0, 0.1) is 17.8 Å². The first-order valence-electron chi connectivity index (χ1n) is 21.7. The minimum Gasteiger partial charge on any atom is -0.488 e. The van der Waals surface area contributed by atoms with Gasteiger partial charge in [0.25, 0.3) is 0 Å². The average molecular weight is 865 g/mol. The highest BCUT2D eigenvalue weighted by Gasteiger charge is 2.41. The number of benzene rings is 3. The number of imidazole rings is 2. The molecule has 4 heterocycles. The highest BCUT2D eigenvalue weighted by molar-refractivity contribution is 6.07. The summed E-state index contributed by atoms with van der Waals surface area (Å²) in [6.07, 6.45) is 3.60. The van der Waals surface area contributed by atoms with Gasteiger partial charge >= 0.3 is 12.2 Å². The van der Waals surface area contributed by atoms with Gasteiger partial charge in [-0.2, -0.15) is 0 Å². The van der Waals surface area contributed by atoms with Crippen LogP contribution in [0.1, 0.15) is 77.1 Å².